The second kappa shape index (κ2) is 7.31. The lowest BCUT2D eigenvalue weighted by Crippen LogP contribution is -2.58. The molecule has 0 aliphatic carbocycles. The van der Waals surface area contributed by atoms with Crippen LogP contribution in [0.1, 0.15) is 37.3 Å². The van der Waals surface area contributed by atoms with Crippen LogP contribution in [0, 0.1) is 0 Å². The van der Waals surface area contributed by atoms with E-state index < -0.39 is 22.3 Å². The molecule has 1 amide bonds. The number of piperidine rings is 1. The zero-order chi connectivity index (χ0) is 18.0. The number of likely N-dealkylation sites (tertiary alicyclic amines) is 1. The van der Waals surface area contributed by atoms with E-state index in [9.17, 15) is 13.2 Å². The first kappa shape index (κ1) is 18.2. The molecule has 138 valence electrons. The van der Waals surface area contributed by atoms with E-state index in [1.807, 2.05) is 12.1 Å². The molecule has 0 bridgehead atoms. The van der Waals surface area contributed by atoms with E-state index in [-0.39, 0.29) is 5.91 Å². The van der Waals surface area contributed by atoms with Crippen molar-refractivity contribution in [1.82, 2.24) is 13.9 Å². The van der Waals surface area contributed by atoms with Crippen molar-refractivity contribution in [3.05, 3.63) is 29.8 Å². The Labute approximate surface area is 149 Å². The molecule has 0 aromatic heterocycles. The Bertz CT molecular complexity index is 714. The van der Waals surface area contributed by atoms with Crippen molar-refractivity contribution >= 4 is 16.1 Å². The number of nitrogens with one attached hydrogen (secondary N) is 1. The summed E-state index contributed by atoms with van der Waals surface area (Å²) in [5.41, 5.74) is 0.828. The van der Waals surface area contributed by atoms with Gasteiger partial charge in [-0.15, -0.1) is 0 Å². The Kier molecular flexibility index (Phi) is 5.31. The van der Waals surface area contributed by atoms with Crippen LogP contribution in [-0.4, -0.2) is 56.8 Å². The SMILES string of the molecule is COc1ccc([C@H]2C[C@H](C(=O)N3CCCCC3)N(C)S(=O)(=O)N2)cc1. The first-order valence-electron chi connectivity index (χ1n) is 8.60. The molecule has 2 heterocycles. The number of nitrogens with zero attached hydrogens (tertiary/aromatic N) is 2. The molecular weight excluding hydrogens is 342 g/mol. The molecule has 2 fully saturated rings. The largest absolute Gasteiger partial charge is 0.497 e. The van der Waals surface area contributed by atoms with E-state index in [1.54, 1.807) is 24.1 Å². The van der Waals surface area contributed by atoms with Crippen LogP contribution in [0.3, 0.4) is 0 Å². The molecule has 8 heteroatoms. The van der Waals surface area contributed by atoms with Crippen molar-refractivity contribution in [2.45, 2.75) is 37.8 Å². The second-order valence-electron chi connectivity index (χ2n) is 6.60. The Morgan fingerprint density at radius 1 is 1.16 bits per heavy atom. The molecule has 0 unspecified atom stereocenters. The molecule has 25 heavy (non-hydrogen) atoms. The van der Waals surface area contributed by atoms with Crippen LogP contribution in [0.5, 0.6) is 5.75 Å². The monoisotopic (exact) mass is 367 g/mol. The lowest BCUT2D eigenvalue weighted by atomic mass is 9.98. The molecule has 2 aliphatic heterocycles. The van der Waals surface area contributed by atoms with Gasteiger partial charge in [0.25, 0.3) is 10.2 Å². The summed E-state index contributed by atoms with van der Waals surface area (Å²) in [7, 11) is -0.647. The molecule has 1 aromatic carbocycles. The minimum atomic E-state index is -3.70. The molecule has 0 radical (unpaired) electrons. The van der Waals surface area contributed by atoms with Gasteiger partial charge in [-0.05, 0) is 43.4 Å². The molecule has 0 saturated carbocycles. The van der Waals surface area contributed by atoms with Gasteiger partial charge in [0.05, 0.1) is 7.11 Å². The van der Waals surface area contributed by atoms with Crippen LogP contribution in [0.2, 0.25) is 0 Å². The highest BCUT2D eigenvalue weighted by Gasteiger charge is 2.42. The van der Waals surface area contributed by atoms with Crippen LogP contribution in [0.25, 0.3) is 0 Å². The van der Waals surface area contributed by atoms with Gasteiger partial charge in [0, 0.05) is 26.2 Å². The fourth-order valence-electron chi connectivity index (χ4n) is 3.47. The van der Waals surface area contributed by atoms with Gasteiger partial charge in [-0.2, -0.15) is 17.4 Å². The van der Waals surface area contributed by atoms with Crippen molar-refractivity contribution in [1.29, 1.82) is 0 Å². The third-order valence-electron chi connectivity index (χ3n) is 5.04. The fraction of sp³-hybridized carbons (Fsp3) is 0.588. The predicted molar refractivity (Wildman–Crippen MR) is 94.4 cm³/mol. The van der Waals surface area contributed by atoms with Gasteiger partial charge in [0.2, 0.25) is 5.91 Å². The maximum Gasteiger partial charge on any atom is 0.280 e. The van der Waals surface area contributed by atoms with Crippen LogP contribution < -0.4 is 9.46 Å². The molecule has 3 rings (SSSR count). The Balaban J connectivity index is 1.83. The molecule has 2 saturated heterocycles. The molecule has 2 atom stereocenters. The number of amides is 1. The van der Waals surface area contributed by atoms with Crippen molar-refractivity contribution in [2.24, 2.45) is 0 Å². The van der Waals surface area contributed by atoms with Gasteiger partial charge in [-0.1, -0.05) is 12.1 Å². The third-order valence-corrected chi connectivity index (χ3v) is 6.63. The Hall–Kier alpha value is -1.64. The number of carbonyl (C=O) groups is 1. The molecule has 1 aromatic rings. The number of benzene rings is 1. The number of methoxy groups -OCH3 is 1. The van der Waals surface area contributed by atoms with Gasteiger partial charge < -0.3 is 9.64 Å². The van der Waals surface area contributed by atoms with E-state index >= 15 is 0 Å². The summed E-state index contributed by atoms with van der Waals surface area (Å²) in [5, 5.41) is 0. The number of likely N-dealkylation sites (N-methyl/N-ethyl adjacent to an activating group) is 1. The minimum absolute atomic E-state index is 0.0919. The third kappa shape index (κ3) is 3.80. The van der Waals surface area contributed by atoms with Crippen molar-refractivity contribution in [3.8, 4) is 5.75 Å². The number of rotatable bonds is 3. The van der Waals surface area contributed by atoms with Crippen LogP contribution in [0.15, 0.2) is 24.3 Å². The quantitative estimate of drug-likeness (QED) is 0.873. The molecule has 2 aliphatic rings. The fourth-order valence-corrected chi connectivity index (χ4v) is 4.74. The summed E-state index contributed by atoms with van der Waals surface area (Å²) in [6, 6.07) is 6.16. The van der Waals surface area contributed by atoms with E-state index in [4.69, 9.17) is 4.74 Å². The van der Waals surface area contributed by atoms with E-state index in [0.717, 1.165) is 24.8 Å². The van der Waals surface area contributed by atoms with E-state index in [2.05, 4.69) is 4.72 Å². The van der Waals surface area contributed by atoms with Crippen LogP contribution in [0.4, 0.5) is 0 Å². The first-order valence-corrected chi connectivity index (χ1v) is 10.0. The highest BCUT2D eigenvalue weighted by atomic mass is 32.2. The highest BCUT2D eigenvalue weighted by Crippen LogP contribution is 2.30. The number of ether oxygens (including phenoxy) is 1. The Morgan fingerprint density at radius 2 is 1.80 bits per heavy atom. The average Bonchev–Trinajstić information content (AvgIpc) is 2.64. The van der Waals surface area contributed by atoms with Gasteiger partial charge in [0.15, 0.2) is 0 Å². The first-order chi connectivity index (χ1) is 11.9. The maximum absolute atomic E-state index is 12.9. The van der Waals surface area contributed by atoms with Gasteiger partial charge in [0.1, 0.15) is 11.8 Å². The summed E-state index contributed by atoms with van der Waals surface area (Å²) >= 11 is 0. The predicted octanol–water partition coefficient (Wildman–Crippen LogP) is 1.29. The molecule has 0 spiro atoms. The molecule has 1 N–H and O–H groups in total. The van der Waals surface area contributed by atoms with E-state index in [1.165, 1.54) is 11.4 Å². The van der Waals surface area contributed by atoms with Crippen molar-refractivity contribution in [3.63, 3.8) is 0 Å². The minimum Gasteiger partial charge on any atom is -0.497 e. The van der Waals surface area contributed by atoms with Gasteiger partial charge in [-0.25, -0.2) is 0 Å². The maximum atomic E-state index is 12.9. The van der Waals surface area contributed by atoms with E-state index in [0.29, 0.717) is 25.3 Å². The molecular formula is C17H25N3O4S. The zero-order valence-corrected chi connectivity index (χ0v) is 15.5. The van der Waals surface area contributed by atoms with Gasteiger partial charge >= 0.3 is 0 Å². The zero-order valence-electron chi connectivity index (χ0n) is 14.6. The molecule has 7 nitrogen and oxygen atoms in total. The second-order valence-corrected chi connectivity index (χ2v) is 8.36. The van der Waals surface area contributed by atoms with Crippen molar-refractivity contribution < 1.29 is 17.9 Å². The summed E-state index contributed by atoms with van der Waals surface area (Å²) in [6.07, 6.45) is 3.50. The van der Waals surface area contributed by atoms with Crippen molar-refractivity contribution in [2.75, 3.05) is 27.2 Å². The average molecular weight is 367 g/mol. The normalized spacial score (nSPS) is 27.0. The highest BCUT2D eigenvalue weighted by molar-refractivity contribution is 7.87. The standard InChI is InChI=1S/C17H25N3O4S/c1-19-16(17(21)20-10-4-3-5-11-20)12-15(18-25(19,22)23)13-6-8-14(24-2)9-7-13/h6-9,15-16,18H,3-5,10-12H2,1-2H3/t15-,16-/m1/s1. The topological polar surface area (TPSA) is 79.0 Å². The van der Waals surface area contributed by atoms with Crippen LogP contribution in [-0.2, 0) is 15.0 Å². The number of hydrogen-bond acceptors (Lipinski definition) is 4. The number of hydrogen-bond donors (Lipinski definition) is 1. The Morgan fingerprint density at radius 3 is 2.40 bits per heavy atom. The summed E-state index contributed by atoms with van der Waals surface area (Å²) in [6.45, 7) is 1.42. The lowest BCUT2D eigenvalue weighted by molar-refractivity contribution is -0.136. The summed E-state index contributed by atoms with van der Waals surface area (Å²) in [4.78, 5) is 14.7. The smallest absolute Gasteiger partial charge is 0.280 e. The summed E-state index contributed by atoms with van der Waals surface area (Å²) < 4.78 is 34.0. The van der Waals surface area contributed by atoms with Crippen LogP contribution >= 0.6 is 0 Å². The van der Waals surface area contributed by atoms with Gasteiger partial charge in [-0.3, -0.25) is 4.79 Å². The lowest BCUT2D eigenvalue weighted by Gasteiger charge is -2.39. The summed E-state index contributed by atoms with van der Waals surface area (Å²) in [5.74, 6) is 0.617. The number of carbonyl (C=O) groups excluding carboxylic acids is 1.